The maximum atomic E-state index is 12.0. The highest BCUT2D eigenvalue weighted by molar-refractivity contribution is 7.89. The molecular weight excluding hydrogens is 268 g/mol. The summed E-state index contributed by atoms with van der Waals surface area (Å²) in [4.78, 5) is 0.122. The summed E-state index contributed by atoms with van der Waals surface area (Å²) < 4.78 is 31.1. The molecule has 108 valence electrons. The molecule has 19 heavy (non-hydrogen) atoms. The maximum absolute atomic E-state index is 12.0. The van der Waals surface area contributed by atoms with Crippen molar-refractivity contribution < 1.29 is 18.3 Å². The number of rotatable bonds is 7. The van der Waals surface area contributed by atoms with Crippen LogP contribution in [0.1, 0.15) is 12.0 Å². The first kappa shape index (κ1) is 15.9. The van der Waals surface area contributed by atoms with Crippen LogP contribution in [0.15, 0.2) is 23.1 Å². The molecule has 1 aromatic rings. The van der Waals surface area contributed by atoms with Crippen molar-refractivity contribution in [3.05, 3.63) is 23.8 Å². The van der Waals surface area contributed by atoms with Gasteiger partial charge in [-0.25, -0.2) is 13.1 Å². The van der Waals surface area contributed by atoms with Crippen LogP contribution in [0, 0.1) is 6.92 Å². The lowest BCUT2D eigenvalue weighted by Crippen LogP contribution is -2.28. The van der Waals surface area contributed by atoms with Gasteiger partial charge in [0.15, 0.2) is 0 Å². The molecule has 7 heteroatoms. The van der Waals surface area contributed by atoms with E-state index in [1.807, 2.05) is 0 Å². The molecule has 0 radical (unpaired) electrons. The minimum absolute atomic E-state index is 0.122. The number of anilines is 1. The van der Waals surface area contributed by atoms with E-state index in [2.05, 4.69) is 4.72 Å². The first-order valence-electron chi connectivity index (χ1n) is 5.89. The van der Waals surface area contributed by atoms with E-state index in [1.165, 1.54) is 19.2 Å². The molecule has 1 atom stereocenters. The van der Waals surface area contributed by atoms with E-state index >= 15 is 0 Å². The van der Waals surface area contributed by atoms with Gasteiger partial charge in [-0.05, 0) is 31.0 Å². The Morgan fingerprint density at radius 3 is 2.74 bits per heavy atom. The summed E-state index contributed by atoms with van der Waals surface area (Å²) in [5, 5.41) is 9.42. The van der Waals surface area contributed by atoms with E-state index in [-0.39, 0.29) is 24.5 Å². The van der Waals surface area contributed by atoms with Crippen molar-refractivity contribution in [3.63, 3.8) is 0 Å². The summed E-state index contributed by atoms with van der Waals surface area (Å²) >= 11 is 0. The van der Waals surface area contributed by atoms with Gasteiger partial charge in [0.25, 0.3) is 0 Å². The van der Waals surface area contributed by atoms with Gasteiger partial charge in [-0.1, -0.05) is 6.07 Å². The minimum atomic E-state index is -3.59. The van der Waals surface area contributed by atoms with Crippen LogP contribution in [0.5, 0.6) is 0 Å². The first-order valence-corrected chi connectivity index (χ1v) is 7.38. The highest BCUT2D eigenvalue weighted by atomic mass is 32.2. The van der Waals surface area contributed by atoms with Gasteiger partial charge in [-0.15, -0.1) is 0 Å². The number of nitrogens with two attached hydrogens (primary N) is 1. The number of ether oxygens (including phenoxy) is 1. The van der Waals surface area contributed by atoms with E-state index < -0.39 is 16.1 Å². The molecule has 0 spiro atoms. The van der Waals surface area contributed by atoms with Crippen molar-refractivity contribution in [2.75, 3.05) is 26.0 Å². The Morgan fingerprint density at radius 1 is 1.47 bits per heavy atom. The number of hydrogen-bond acceptors (Lipinski definition) is 5. The number of benzene rings is 1. The molecule has 0 aliphatic carbocycles. The van der Waals surface area contributed by atoms with Crippen LogP contribution in [0.3, 0.4) is 0 Å². The third-order valence-electron chi connectivity index (χ3n) is 2.69. The lowest BCUT2D eigenvalue weighted by atomic mass is 10.2. The number of aryl methyl sites for hydroxylation is 1. The van der Waals surface area contributed by atoms with Gasteiger partial charge < -0.3 is 15.6 Å². The topological polar surface area (TPSA) is 102 Å². The monoisotopic (exact) mass is 288 g/mol. The molecule has 1 aromatic carbocycles. The largest absolute Gasteiger partial charge is 0.398 e. The van der Waals surface area contributed by atoms with Gasteiger partial charge in [0, 0.05) is 19.3 Å². The SMILES string of the molecule is COCC(O)CCNS(=O)(=O)c1ccc(C)c(N)c1. The van der Waals surface area contributed by atoms with Crippen LogP contribution in [0.2, 0.25) is 0 Å². The molecule has 6 nitrogen and oxygen atoms in total. The number of aliphatic hydroxyl groups is 1. The first-order chi connectivity index (χ1) is 8.86. The lowest BCUT2D eigenvalue weighted by Gasteiger charge is -2.11. The van der Waals surface area contributed by atoms with Gasteiger partial charge in [0.05, 0.1) is 17.6 Å². The molecule has 0 aliphatic heterocycles. The fourth-order valence-electron chi connectivity index (χ4n) is 1.50. The Balaban J connectivity index is 2.63. The molecule has 0 amide bonds. The zero-order chi connectivity index (χ0) is 14.5. The average Bonchev–Trinajstić information content (AvgIpc) is 2.32. The maximum Gasteiger partial charge on any atom is 0.240 e. The summed E-state index contributed by atoms with van der Waals surface area (Å²) in [6, 6.07) is 4.58. The van der Waals surface area contributed by atoms with E-state index in [1.54, 1.807) is 13.0 Å². The predicted molar refractivity (Wildman–Crippen MR) is 73.3 cm³/mol. The van der Waals surface area contributed by atoms with Gasteiger partial charge in [0.1, 0.15) is 0 Å². The van der Waals surface area contributed by atoms with Crippen molar-refractivity contribution in [2.45, 2.75) is 24.3 Å². The molecule has 0 heterocycles. The zero-order valence-electron chi connectivity index (χ0n) is 11.1. The number of hydrogen-bond donors (Lipinski definition) is 3. The van der Waals surface area contributed by atoms with Crippen molar-refractivity contribution in [1.82, 2.24) is 4.72 Å². The Hall–Kier alpha value is -1.15. The molecular formula is C12H20N2O4S. The third-order valence-corrected chi connectivity index (χ3v) is 4.15. The lowest BCUT2D eigenvalue weighted by molar-refractivity contribution is 0.0603. The second-order valence-electron chi connectivity index (χ2n) is 4.31. The minimum Gasteiger partial charge on any atom is -0.398 e. The summed E-state index contributed by atoms with van der Waals surface area (Å²) in [5.74, 6) is 0. The Morgan fingerprint density at radius 2 is 2.16 bits per heavy atom. The van der Waals surface area contributed by atoms with Crippen LogP contribution < -0.4 is 10.5 Å². The summed E-state index contributed by atoms with van der Waals surface area (Å²) in [7, 11) is -2.12. The van der Waals surface area contributed by atoms with E-state index in [4.69, 9.17) is 10.5 Å². The van der Waals surface area contributed by atoms with Gasteiger partial charge in [0.2, 0.25) is 10.0 Å². The smallest absolute Gasteiger partial charge is 0.240 e. The van der Waals surface area contributed by atoms with Crippen LogP contribution in [-0.4, -0.2) is 39.9 Å². The molecule has 0 saturated heterocycles. The third kappa shape index (κ3) is 4.79. The second-order valence-corrected chi connectivity index (χ2v) is 6.08. The molecule has 1 unspecified atom stereocenters. The van der Waals surface area contributed by atoms with Crippen molar-refractivity contribution in [2.24, 2.45) is 0 Å². The number of methoxy groups -OCH3 is 1. The Labute approximate surface area is 113 Å². The van der Waals surface area contributed by atoms with Gasteiger partial charge in [-0.3, -0.25) is 0 Å². The van der Waals surface area contributed by atoms with Crippen molar-refractivity contribution in [1.29, 1.82) is 0 Å². The summed E-state index contributed by atoms with van der Waals surface area (Å²) in [6.07, 6.45) is -0.398. The molecule has 0 saturated carbocycles. The molecule has 0 aliphatic rings. The number of aliphatic hydroxyl groups excluding tert-OH is 1. The standard InChI is InChI=1S/C12H20N2O4S/c1-9-3-4-11(7-12(9)13)19(16,17)14-6-5-10(15)8-18-2/h3-4,7,10,14-15H,5-6,8,13H2,1-2H3. The van der Waals surface area contributed by atoms with Crippen LogP contribution in [-0.2, 0) is 14.8 Å². The second kappa shape index (κ2) is 6.85. The molecule has 4 N–H and O–H groups in total. The highest BCUT2D eigenvalue weighted by Crippen LogP contribution is 2.16. The van der Waals surface area contributed by atoms with E-state index in [9.17, 15) is 13.5 Å². The van der Waals surface area contributed by atoms with Crippen LogP contribution >= 0.6 is 0 Å². The molecule has 0 fully saturated rings. The molecule has 0 bridgehead atoms. The Kier molecular flexibility index (Phi) is 5.74. The number of nitrogen functional groups attached to an aromatic ring is 1. The van der Waals surface area contributed by atoms with Crippen molar-refractivity contribution in [3.8, 4) is 0 Å². The zero-order valence-corrected chi connectivity index (χ0v) is 11.9. The van der Waals surface area contributed by atoms with Crippen LogP contribution in [0.25, 0.3) is 0 Å². The predicted octanol–water partition coefficient (Wildman–Crippen LogP) is 0.253. The highest BCUT2D eigenvalue weighted by Gasteiger charge is 2.15. The molecule has 0 aromatic heterocycles. The quantitative estimate of drug-likeness (QED) is 0.624. The summed E-state index contributed by atoms with van der Waals surface area (Å²) in [6.45, 7) is 2.13. The summed E-state index contributed by atoms with van der Waals surface area (Å²) in [5.41, 5.74) is 6.95. The molecule has 1 rings (SSSR count). The van der Waals surface area contributed by atoms with Gasteiger partial charge in [-0.2, -0.15) is 0 Å². The van der Waals surface area contributed by atoms with Crippen molar-refractivity contribution >= 4 is 15.7 Å². The average molecular weight is 288 g/mol. The number of nitrogens with one attached hydrogen (secondary N) is 1. The van der Waals surface area contributed by atoms with E-state index in [0.29, 0.717) is 5.69 Å². The fourth-order valence-corrected chi connectivity index (χ4v) is 2.59. The van der Waals surface area contributed by atoms with Crippen LogP contribution in [0.4, 0.5) is 5.69 Å². The number of sulfonamides is 1. The fraction of sp³-hybridized carbons (Fsp3) is 0.500. The van der Waals surface area contributed by atoms with E-state index in [0.717, 1.165) is 5.56 Å². The normalized spacial score (nSPS) is 13.4. The Bertz CT molecular complexity index is 516. The van der Waals surface area contributed by atoms with Gasteiger partial charge >= 0.3 is 0 Å².